The number of ketones is 1. The Morgan fingerprint density at radius 3 is 1.38 bits per heavy atom. The lowest BCUT2D eigenvalue weighted by Crippen LogP contribution is -2.17. The van der Waals surface area contributed by atoms with Crippen LogP contribution in [0, 0.1) is 0 Å². The molecule has 4 aromatic carbocycles. The Morgan fingerprint density at radius 2 is 0.941 bits per heavy atom. The second-order valence-electron chi connectivity index (χ2n) is 7.74. The number of thioether (sulfide) groups is 2. The Balaban J connectivity index is 1.12. The van der Waals surface area contributed by atoms with Crippen LogP contribution in [0.5, 0.6) is 0 Å². The number of amides is 2. The maximum atomic E-state index is 12.2. The van der Waals surface area contributed by atoms with Crippen LogP contribution in [0.15, 0.2) is 84.9 Å². The quantitative estimate of drug-likeness (QED) is 0.304. The fourth-order valence-electron chi connectivity index (χ4n) is 3.49. The van der Waals surface area contributed by atoms with Gasteiger partial charge in [0, 0.05) is 11.4 Å². The van der Waals surface area contributed by atoms with Gasteiger partial charge in [0.15, 0.2) is 5.78 Å². The van der Waals surface area contributed by atoms with Crippen LogP contribution < -0.4 is 10.6 Å². The van der Waals surface area contributed by atoms with Crippen LogP contribution in [0.2, 0.25) is 0 Å². The first-order chi connectivity index (χ1) is 16.6. The molecule has 0 fully saturated rings. The third-order valence-corrected chi connectivity index (χ3v) is 7.04. The minimum absolute atomic E-state index is 0.00649. The van der Waals surface area contributed by atoms with E-state index >= 15 is 0 Å². The third-order valence-electron chi connectivity index (χ3n) is 5.06. The summed E-state index contributed by atoms with van der Waals surface area (Å²) in [6.45, 7) is 0. The second-order valence-corrected chi connectivity index (χ2v) is 9.72. The van der Waals surface area contributed by atoms with E-state index in [1.54, 1.807) is 0 Å². The van der Waals surface area contributed by atoms with Gasteiger partial charge in [-0.2, -0.15) is 0 Å². The van der Waals surface area contributed by atoms with Gasteiger partial charge >= 0.3 is 0 Å². The van der Waals surface area contributed by atoms with E-state index in [4.69, 9.17) is 0 Å². The highest BCUT2D eigenvalue weighted by atomic mass is 32.2. The zero-order valence-corrected chi connectivity index (χ0v) is 20.1. The SMILES string of the molecule is O=C(CSCC(=O)Nc1ccc2ccccc2c1)CSCC(=O)Nc1ccc2ccccc2c1. The van der Waals surface area contributed by atoms with E-state index in [1.165, 1.54) is 23.5 Å². The summed E-state index contributed by atoms with van der Waals surface area (Å²) in [5.74, 6) is 0.602. The van der Waals surface area contributed by atoms with Gasteiger partial charge in [0.1, 0.15) is 0 Å². The highest BCUT2D eigenvalue weighted by Crippen LogP contribution is 2.20. The molecule has 5 nitrogen and oxygen atoms in total. The van der Waals surface area contributed by atoms with Crippen LogP contribution in [0.25, 0.3) is 21.5 Å². The molecule has 0 aliphatic carbocycles. The molecule has 0 aliphatic heterocycles. The van der Waals surface area contributed by atoms with Crippen molar-refractivity contribution in [3.8, 4) is 0 Å². The summed E-state index contributed by atoms with van der Waals surface area (Å²) in [6.07, 6.45) is 0. The van der Waals surface area contributed by atoms with Crippen LogP contribution in [0.4, 0.5) is 11.4 Å². The number of rotatable bonds is 10. The van der Waals surface area contributed by atoms with Crippen LogP contribution in [0.1, 0.15) is 0 Å². The van der Waals surface area contributed by atoms with E-state index in [0.717, 1.165) is 32.9 Å². The lowest BCUT2D eigenvalue weighted by molar-refractivity contribution is -0.114. The van der Waals surface area contributed by atoms with Crippen LogP contribution in [-0.4, -0.2) is 40.6 Å². The molecule has 0 saturated carbocycles. The molecular formula is C27H24N2O3S2. The molecule has 0 aromatic heterocycles. The Hall–Kier alpha value is -3.29. The van der Waals surface area contributed by atoms with Gasteiger partial charge < -0.3 is 10.6 Å². The lowest BCUT2D eigenvalue weighted by atomic mass is 10.1. The molecule has 0 bridgehead atoms. The predicted octanol–water partition coefficient (Wildman–Crippen LogP) is 5.61. The van der Waals surface area contributed by atoms with Gasteiger partial charge in [0.25, 0.3) is 0 Å². The van der Waals surface area contributed by atoms with E-state index in [1.807, 2.05) is 84.9 Å². The number of hydrogen-bond donors (Lipinski definition) is 2. The van der Waals surface area contributed by atoms with Gasteiger partial charge in [-0.15, -0.1) is 23.5 Å². The normalized spacial score (nSPS) is 10.8. The standard InChI is InChI=1S/C27H24N2O3S2/c30-25(15-33-17-26(31)28-23-11-9-19-5-1-3-7-21(19)13-23)16-34-18-27(32)29-24-12-10-20-6-2-4-8-22(20)14-24/h1-14H,15-18H2,(H,28,31)(H,29,32). The smallest absolute Gasteiger partial charge is 0.234 e. The van der Waals surface area contributed by atoms with Crippen molar-refractivity contribution in [2.75, 3.05) is 33.6 Å². The first-order valence-corrected chi connectivity index (χ1v) is 13.1. The summed E-state index contributed by atoms with van der Waals surface area (Å²) >= 11 is 2.56. The Bertz CT molecular complexity index is 1240. The van der Waals surface area contributed by atoms with Crippen molar-refractivity contribution < 1.29 is 14.4 Å². The molecule has 4 aromatic rings. The minimum atomic E-state index is -0.143. The Morgan fingerprint density at radius 1 is 0.529 bits per heavy atom. The Kier molecular flexibility index (Phi) is 8.22. The van der Waals surface area contributed by atoms with Crippen LogP contribution in [-0.2, 0) is 14.4 Å². The molecule has 4 rings (SSSR count). The number of carbonyl (C=O) groups is 3. The summed E-state index contributed by atoms with van der Waals surface area (Å²) in [5, 5.41) is 10.1. The van der Waals surface area contributed by atoms with Gasteiger partial charge in [-0.05, 0) is 45.8 Å². The number of benzene rings is 4. The fourth-order valence-corrected chi connectivity index (χ4v) is 4.99. The fraction of sp³-hybridized carbons (Fsp3) is 0.148. The van der Waals surface area contributed by atoms with E-state index in [-0.39, 0.29) is 40.6 Å². The molecule has 2 N–H and O–H groups in total. The highest BCUT2D eigenvalue weighted by Gasteiger charge is 2.09. The molecule has 172 valence electrons. The average molecular weight is 489 g/mol. The lowest BCUT2D eigenvalue weighted by Gasteiger charge is -2.07. The topological polar surface area (TPSA) is 75.3 Å². The van der Waals surface area contributed by atoms with Gasteiger partial charge in [-0.1, -0.05) is 60.7 Å². The molecule has 0 heterocycles. The number of Topliss-reactive ketones (excluding diaryl/α,β-unsaturated/α-hetero) is 1. The van der Waals surface area contributed by atoms with Crippen molar-refractivity contribution in [1.29, 1.82) is 0 Å². The van der Waals surface area contributed by atoms with Gasteiger partial charge in [-0.25, -0.2) is 0 Å². The zero-order chi connectivity index (χ0) is 23.8. The summed E-state index contributed by atoms with van der Waals surface area (Å²) in [6, 6.07) is 27.5. The number of carbonyl (C=O) groups excluding carboxylic acids is 3. The van der Waals surface area contributed by atoms with Crippen molar-refractivity contribution in [2.45, 2.75) is 0 Å². The molecule has 0 radical (unpaired) electrons. The molecule has 0 spiro atoms. The number of anilines is 2. The van der Waals surface area contributed by atoms with Gasteiger partial charge in [0.05, 0.1) is 23.0 Å². The monoisotopic (exact) mass is 488 g/mol. The van der Waals surface area contributed by atoms with E-state index in [0.29, 0.717) is 0 Å². The first-order valence-electron chi connectivity index (χ1n) is 10.8. The molecule has 0 saturated heterocycles. The largest absolute Gasteiger partial charge is 0.325 e. The van der Waals surface area contributed by atoms with Crippen molar-refractivity contribution >= 4 is 74.0 Å². The van der Waals surface area contributed by atoms with Crippen molar-refractivity contribution in [3.05, 3.63) is 84.9 Å². The van der Waals surface area contributed by atoms with Gasteiger partial charge in [0.2, 0.25) is 11.8 Å². The average Bonchev–Trinajstić information content (AvgIpc) is 2.84. The number of nitrogens with one attached hydrogen (secondary N) is 2. The molecular weight excluding hydrogens is 464 g/mol. The molecule has 34 heavy (non-hydrogen) atoms. The molecule has 0 aliphatic rings. The van der Waals surface area contributed by atoms with E-state index in [9.17, 15) is 14.4 Å². The highest BCUT2D eigenvalue weighted by molar-refractivity contribution is 8.02. The molecule has 2 amide bonds. The van der Waals surface area contributed by atoms with E-state index in [2.05, 4.69) is 10.6 Å². The van der Waals surface area contributed by atoms with E-state index < -0.39 is 0 Å². The molecule has 0 unspecified atom stereocenters. The zero-order valence-electron chi connectivity index (χ0n) is 18.5. The second kappa shape index (κ2) is 11.7. The number of hydrogen-bond acceptors (Lipinski definition) is 5. The van der Waals surface area contributed by atoms with Crippen molar-refractivity contribution in [3.63, 3.8) is 0 Å². The molecule has 7 heteroatoms. The predicted molar refractivity (Wildman–Crippen MR) is 145 cm³/mol. The maximum Gasteiger partial charge on any atom is 0.234 e. The van der Waals surface area contributed by atoms with Crippen molar-refractivity contribution in [1.82, 2.24) is 0 Å². The van der Waals surface area contributed by atoms with Crippen molar-refractivity contribution in [2.24, 2.45) is 0 Å². The summed E-state index contributed by atoms with van der Waals surface area (Å²) in [4.78, 5) is 36.5. The van der Waals surface area contributed by atoms with Crippen LogP contribution >= 0.6 is 23.5 Å². The summed E-state index contributed by atoms with van der Waals surface area (Å²) < 4.78 is 0. The third kappa shape index (κ3) is 6.85. The van der Waals surface area contributed by atoms with Crippen LogP contribution in [0.3, 0.4) is 0 Å². The minimum Gasteiger partial charge on any atom is -0.325 e. The molecule has 0 atom stereocenters. The first kappa shape index (κ1) is 23.9. The van der Waals surface area contributed by atoms with Gasteiger partial charge in [-0.3, -0.25) is 14.4 Å². The maximum absolute atomic E-state index is 12.2. The summed E-state index contributed by atoms with van der Waals surface area (Å²) in [5.41, 5.74) is 1.48. The summed E-state index contributed by atoms with van der Waals surface area (Å²) in [7, 11) is 0. The number of fused-ring (bicyclic) bond motifs is 2. The Labute approximate surface area is 206 Å².